The van der Waals surface area contributed by atoms with E-state index in [1.165, 1.54) is 25.0 Å². The Hall–Kier alpha value is -0.930. The smallest absolute Gasteiger partial charge is 0.120 e. The molecule has 0 saturated heterocycles. The van der Waals surface area contributed by atoms with Gasteiger partial charge in [-0.15, -0.1) is 12.4 Å². The molecule has 1 fully saturated rings. The Labute approximate surface area is 95.3 Å². The van der Waals surface area contributed by atoms with Crippen molar-refractivity contribution in [2.24, 2.45) is 11.7 Å². The van der Waals surface area contributed by atoms with Crippen LogP contribution in [0.1, 0.15) is 30.9 Å². The molecule has 3 nitrogen and oxygen atoms in total. The molecule has 2 rings (SSSR count). The third-order valence-electron chi connectivity index (χ3n) is 2.69. The average Bonchev–Trinajstić information content (AvgIpc) is 2.93. The number of aromatic hydroxyl groups is 2. The van der Waals surface area contributed by atoms with E-state index in [4.69, 9.17) is 5.73 Å². The monoisotopic (exact) mass is 229 g/mol. The maximum absolute atomic E-state index is 9.55. The lowest BCUT2D eigenvalue weighted by atomic mass is 10.0. The maximum atomic E-state index is 9.55. The van der Waals surface area contributed by atoms with Crippen LogP contribution in [0.5, 0.6) is 11.5 Å². The van der Waals surface area contributed by atoms with E-state index < -0.39 is 0 Å². The first kappa shape index (κ1) is 12.1. The van der Waals surface area contributed by atoms with Gasteiger partial charge in [-0.1, -0.05) is 12.8 Å². The number of rotatable bonds is 3. The SMILES string of the molecule is Cl.N[C@@H](CC1CC1)c1cc(O)ccc1O. The fraction of sp³-hybridized carbons (Fsp3) is 0.455. The van der Waals surface area contributed by atoms with Gasteiger partial charge >= 0.3 is 0 Å². The predicted octanol–water partition coefficient (Wildman–Crippen LogP) is 2.32. The maximum Gasteiger partial charge on any atom is 0.120 e. The van der Waals surface area contributed by atoms with Gasteiger partial charge < -0.3 is 15.9 Å². The normalized spacial score (nSPS) is 16.9. The molecule has 1 atom stereocenters. The second-order valence-electron chi connectivity index (χ2n) is 4.03. The third kappa shape index (κ3) is 3.01. The first-order valence-electron chi connectivity index (χ1n) is 4.94. The number of hydrogen-bond acceptors (Lipinski definition) is 3. The van der Waals surface area contributed by atoms with Crippen molar-refractivity contribution in [1.29, 1.82) is 0 Å². The summed E-state index contributed by atoms with van der Waals surface area (Å²) < 4.78 is 0. The minimum absolute atomic E-state index is 0. The highest BCUT2D eigenvalue weighted by atomic mass is 35.5. The molecule has 4 N–H and O–H groups in total. The van der Waals surface area contributed by atoms with Gasteiger partial charge in [-0.2, -0.15) is 0 Å². The van der Waals surface area contributed by atoms with E-state index in [0.29, 0.717) is 11.5 Å². The topological polar surface area (TPSA) is 66.5 Å². The van der Waals surface area contributed by atoms with Crippen LogP contribution >= 0.6 is 12.4 Å². The summed E-state index contributed by atoms with van der Waals surface area (Å²) in [4.78, 5) is 0. The molecule has 1 aromatic carbocycles. The predicted molar refractivity (Wildman–Crippen MR) is 61.3 cm³/mol. The molecule has 1 aromatic rings. The molecule has 0 unspecified atom stereocenters. The molecule has 0 bridgehead atoms. The Balaban J connectivity index is 0.00000112. The standard InChI is InChI=1S/C11H15NO2.ClH/c12-10(5-7-1-2-7)9-6-8(13)3-4-11(9)14;/h3-4,6-7,10,13-14H,1-2,5,12H2;1H/t10-;/m0./s1. The number of benzene rings is 1. The van der Waals surface area contributed by atoms with Gasteiger partial charge in [-0.25, -0.2) is 0 Å². The van der Waals surface area contributed by atoms with E-state index in [2.05, 4.69) is 0 Å². The van der Waals surface area contributed by atoms with Crippen LogP contribution in [0.3, 0.4) is 0 Å². The van der Waals surface area contributed by atoms with Crippen molar-refractivity contribution in [3.63, 3.8) is 0 Å². The lowest BCUT2D eigenvalue weighted by molar-refractivity contribution is 0.443. The van der Waals surface area contributed by atoms with E-state index in [1.807, 2.05) is 0 Å². The quantitative estimate of drug-likeness (QED) is 0.697. The number of halogens is 1. The summed E-state index contributed by atoms with van der Waals surface area (Å²) in [5.74, 6) is 1.05. The van der Waals surface area contributed by atoms with Crippen LogP contribution < -0.4 is 5.73 Å². The molecule has 4 heteroatoms. The molecule has 15 heavy (non-hydrogen) atoms. The molecule has 0 aromatic heterocycles. The van der Waals surface area contributed by atoms with Crippen LogP contribution in [0.2, 0.25) is 0 Å². The van der Waals surface area contributed by atoms with E-state index >= 15 is 0 Å². The van der Waals surface area contributed by atoms with Crippen LogP contribution in [0.25, 0.3) is 0 Å². The fourth-order valence-corrected chi connectivity index (χ4v) is 1.68. The average molecular weight is 230 g/mol. The molecule has 84 valence electrons. The summed E-state index contributed by atoms with van der Waals surface area (Å²) in [5.41, 5.74) is 6.58. The van der Waals surface area contributed by atoms with Crippen molar-refractivity contribution in [3.8, 4) is 11.5 Å². The van der Waals surface area contributed by atoms with Crippen molar-refractivity contribution in [2.45, 2.75) is 25.3 Å². The summed E-state index contributed by atoms with van der Waals surface area (Å²) >= 11 is 0. The Morgan fingerprint density at radius 3 is 2.60 bits per heavy atom. The Bertz CT molecular complexity index is 339. The van der Waals surface area contributed by atoms with Crippen molar-refractivity contribution >= 4 is 12.4 Å². The molecular weight excluding hydrogens is 214 g/mol. The highest BCUT2D eigenvalue weighted by Crippen LogP contribution is 2.39. The van der Waals surface area contributed by atoms with E-state index in [1.54, 1.807) is 6.07 Å². The number of hydrogen-bond donors (Lipinski definition) is 3. The minimum atomic E-state index is -0.158. The summed E-state index contributed by atoms with van der Waals surface area (Å²) in [6.07, 6.45) is 3.39. The second-order valence-corrected chi connectivity index (χ2v) is 4.03. The Morgan fingerprint density at radius 2 is 2.00 bits per heavy atom. The largest absolute Gasteiger partial charge is 0.508 e. The molecular formula is C11H16ClNO2. The zero-order valence-electron chi connectivity index (χ0n) is 8.39. The lowest BCUT2D eigenvalue weighted by Crippen LogP contribution is -2.11. The highest BCUT2D eigenvalue weighted by Gasteiger charge is 2.25. The first-order chi connectivity index (χ1) is 6.66. The van der Waals surface area contributed by atoms with Gasteiger partial charge in [0.25, 0.3) is 0 Å². The molecule has 0 amide bonds. The van der Waals surface area contributed by atoms with Gasteiger partial charge in [0, 0.05) is 11.6 Å². The van der Waals surface area contributed by atoms with Crippen molar-refractivity contribution < 1.29 is 10.2 Å². The van der Waals surface area contributed by atoms with Crippen molar-refractivity contribution in [1.82, 2.24) is 0 Å². The van der Waals surface area contributed by atoms with Gasteiger partial charge in [0.1, 0.15) is 11.5 Å². The van der Waals surface area contributed by atoms with Gasteiger partial charge in [0.2, 0.25) is 0 Å². The molecule has 1 aliphatic carbocycles. The summed E-state index contributed by atoms with van der Waals surface area (Å²) in [6, 6.07) is 4.33. The zero-order chi connectivity index (χ0) is 10.1. The van der Waals surface area contributed by atoms with Crippen LogP contribution in [0.4, 0.5) is 0 Å². The van der Waals surface area contributed by atoms with Crippen LogP contribution in [0, 0.1) is 5.92 Å². The van der Waals surface area contributed by atoms with Gasteiger partial charge in [-0.05, 0) is 30.5 Å². The summed E-state index contributed by atoms with van der Waals surface area (Å²) in [7, 11) is 0. The second kappa shape index (κ2) is 4.73. The fourth-order valence-electron chi connectivity index (χ4n) is 1.68. The van der Waals surface area contributed by atoms with Gasteiger partial charge in [0.05, 0.1) is 0 Å². The number of phenols is 2. The molecule has 0 spiro atoms. The van der Waals surface area contributed by atoms with Crippen LogP contribution in [-0.2, 0) is 0 Å². The first-order valence-corrected chi connectivity index (χ1v) is 4.94. The number of phenolic OH excluding ortho intramolecular Hbond substituents is 2. The van der Waals surface area contributed by atoms with E-state index in [9.17, 15) is 10.2 Å². The van der Waals surface area contributed by atoms with Crippen LogP contribution in [0.15, 0.2) is 18.2 Å². The minimum Gasteiger partial charge on any atom is -0.508 e. The zero-order valence-corrected chi connectivity index (χ0v) is 9.20. The molecule has 0 radical (unpaired) electrons. The third-order valence-corrected chi connectivity index (χ3v) is 2.69. The Kier molecular flexibility index (Phi) is 3.83. The number of nitrogens with two attached hydrogens (primary N) is 1. The Morgan fingerprint density at radius 1 is 1.33 bits per heavy atom. The summed E-state index contributed by atoms with van der Waals surface area (Å²) in [5, 5.41) is 18.8. The molecule has 1 aliphatic rings. The van der Waals surface area contributed by atoms with Crippen molar-refractivity contribution in [3.05, 3.63) is 23.8 Å². The van der Waals surface area contributed by atoms with Gasteiger partial charge in [-0.3, -0.25) is 0 Å². The van der Waals surface area contributed by atoms with E-state index in [0.717, 1.165) is 6.42 Å². The molecule has 0 heterocycles. The highest BCUT2D eigenvalue weighted by molar-refractivity contribution is 5.85. The van der Waals surface area contributed by atoms with Gasteiger partial charge in [0.15, 0.2) is 0 Å². The van der Waals surface area contributed by atoms with Crippen LogP contribution in [-0.4, -0.2) is 10.2 Å². The molecule has 1 saturated carbocycles. The summed E-state index contributed by atoms with van der Waals surface area (Å²) in [6.45, 7) is 0. The lowest BCUT2D eigenvalue weighted by Gasteiger charge is -2.13. The van der Waals surface area contributed by atoms with Crippen molar-refractivity contribution in [2.75, 3.05) is 0 Å². The van der Waals surface area contributed by atoms with E-state index in [-0.39, 0.29) is 29.9 Å². The molecule has 0 aliphatic heterocycles.